The van der Waals surface area contributed by atoms with Gasteiger partial charge in [0.05, 0.1) is 30.4 Å². The second kappa shape index (κ2) is 8.05. The molecule has 2 heterocycles. The Labute approximate surface area is 159 Å². The van der Waals surface area contributed by atoms with Crippen LogP contribution in [0.3, 0.4) is 0 Å². The molecule has 1 amide bonds. The average molecular weight is 389 g/mol. The molecular weight excluding hydrogens is 370 g/mol. The monoisotopic (exact) mass is 389 g/mol. The number of hydrogen-bond acceptors (Lipinski definition) is 8. The summed E-state index contributed by atoms with van der Waals surface area (Å²) in [6.07, 6.45) is -0.115. The minimum absolute atomic E-state index is 0.144. The van der Waals surface area contributed by atoms with Gasteiger partial charge in [-0.25, -0.2) is 4.79 Å². The van der Waals surface area contributed by atoms with Crippen LogP contribution in [0.2, 0.25) is 0 Å². The number of nitrogens with one attached hydrogen (secondary N) is 2. The van der Waals surface area contributed by atoms with E-state index >= 15 is 0 Å². The third-order valence-corrected chi connectivity index (χ3v) is 4.25. The van der Waals surface area contributed by atoms with Gasteiger partial charge in [-0.05, 0) is 19.1 Å². The molecular formula is C17H19N5O6. The van der Waals surface area contributed by atoms with E-state index in [0.29, 0.717) is 30.8 Å². The van der Waals surface area contributed by atoms with Gasteiger partial charge in [0.15, 0.2) is 5.82 Å². The predicted octanol–water partition coefficient (Wildman–Crippen LogP) is 1.70. The first-order valence-corrected chi connectivity index (χ1v) is 8.58. The number of fused-ring (bicyclic) bond motifs is 1. The van der Waals surface area contributed by atoms with Gasteiger partial charge in [-0.3, -0.25) is 14.9 Å². The lowest BCUT2D eigenvalue weighted by atomic mass is 10.1. The molecule has 0 aliphatic carbocycles. The van der Waals surface area contributed by atoms with Crippen LogP contribution in [0, 0.1) is 10.1 Å². The lowest BCUT2D eigenvalue weighted by Gasteiger charge is -2.14. The number of benzene rings is 1. The van der Waals surface area contributed by atoms with Gasteiger partial charge < -0.3 is 20.1 Å². The normalized spacial score (nSPS) is 12.8. The number of methoxy groups -OCH3 is 1. The zero-order valence-electron chi connectivity index (χ0n) is 15.4. The van der Waals surface area contributed by atoms with Gasteiger partial charge in [0.25, 0.3) is 11.6 Å². The van der Waals surface area contributed by atoms with Gasteiger partial charge in [-0.15, -0.1) is 5.10 Å². The molecule has 0 unspecified atom stereocenters. The Morgan fingerprint density at radius 2 is 2.21 bits per heavy atom. The Morgan fingerprint density at radius 1 is 1.43 bits per heavy atom. The SMILES string of the molecule is CCOC(=O)n1nc(NC(=O)c2ccc(OC)cc2[N+](=O)[O-])c2c1CCNC2. The maximum absolute atomic E-state index is 12.7. The van der Waals surface area contributed by atoms with E-state index in [4.69, 9.17) is 9.47 Å². The minimum atomic E-state index is -0.712. The van der Waals surface area contributed by atoms with Crippen LogP contribution < -0.4 is 15.4 Å². The summed E-state index contributed by atoms with van der Waals surface area (Å²) in [5, 5.41) is 21.2. The lowest BCUT2D eigenvalue weighted by molar-refractivity contribution is -0.385. The van der Waals surface area contributed by atoms with Crippen LogP contribution in [0.1, 0.15) is 28.5 Å². The highest BCUT2D eigenvalue weighted by Gasteiger charge is 2.28. The third-order valence-electron chi connectivity index (χ3n) is 4.25. The quantitative estimate of drug-likeness (QED) is 0.582. The standard InChI is InChI=1S/C17H19N5O6/c1-3-28-17(24)21-13-6-7-18-9-12(13)15(20-21)19-16(23)11-5-4-10(27-2)8-14(11)22(25)26/h4-5,8,18H,3,6-7,9H2,1-2H3,(H,19,20,23). The highest BCUT2D eigenvalue weighted by molar-refractivity contribution is 6.07. The number of anilines is 1. The number of hydrogen-bond donors (Lipinski definition) is 2. The van der Waals surface area contributed by atoms with E-state index in [-0.39, 0.29) is 23.7 Å². The van der Waals surface area contributed by atoms with Crippen molar-refractivity contribution in [2.45, 2.75) is 19.9 Å². The Bertz CT molecular complexity index is 938. The molecule has 11 heteroatoms. The number of nitro benzene ring substituents is 1. The summed E-state index contributed by atoms with van der Waals surface area (Å²) >= 11 is 0. The van der Waals surface area contributed by atoms with E-state index < -0.39 is 22.6 Å². The van der Waals surface area contributed by atoms with Crippen molar-refractivity contribution in [2.24, 2.45) is 0 Å². The van der Waals surface area contributed by atoms with E-state index in [2.05, 4.69) is 15.7 Å². The molecule has 1 aliphatic rings. The van der Waals surface area contributed by atoms with Crippen LogP contribution >= 0.6 is 0 Å². The molecule has 1 aromatic heterocycles. The number of aromatic nitrogens is 2. The topological polar surface area (TPSA) is 138 Å². The van der Waals surface area contributed by atoms with Gasteiger partial charge in [-0.2, -0.15) is 4.68 Å². The summed E-state index contributed by atoms with van der Waals surface area (Å²) in [7, 11) is 1.38. The zero-order chi connectivity index (χ0) is 20.3. The molecule has 11 nitrogen and oxygen atoms in total. The first kappa shape index (κ1) is 19.3. The summed E-state index contributed by atoms with van der Waals surface area (Å²) in [6.45, 7) is 2.91. The number of rotatable bonds is 5. The molecule has 0 spiro atoms. The van der Waals surface area contributed by atoms with Crippen molar-refractivity contribution in [3.8, 4) is 5.75 Å². The molecule has 1 aliphatic heterocycles. The molecule has 0 atom stereocenters. The number of nitrogens with zero attached hydrogens (tertiary/aromatic N) is 3. The Morgan fingerprint density at radius 3 is 2.89 bits per heavy atom. The van der Waals surface area contributed by atoms with Crippen molar-refractivity contribution >= 4 is 23.5 Å². The van der Waals surface area contributed by atoms with Gasteiger partial charge in [0.1, 0.15) is 11.3 Å². The molecule has 2 aromatic rings. The van der Waals surface area contributed by atoms with Crippen molar-refractivity contribution in [1.29, 1.82) is 0 Å². The number of carbonyl (C=O) groups excluding carboxylic acids is 2. The van der Waals surface area contributed by atoms with Crippen molar-refractivity contribution in [2.75, 3.05) is 25.6 Å². The van der Waals surface area contributed by atoms with Gasteiger partial charge in [0.2, 0.25) is 0 Å². The van der Waals surface area contributed by atoms with Gasteiger partial charge in [0, 0.05) is 25.1 Å². The number of nitro groups is 1. The molecule has 0 saturated carbocycles. The van der Waals surface area contributed by atoms with Crippen molar-refractivity contribution in [1.82, 2.24) is 15.1 Å². The Balaban J connectivity index is 1.95. The molecule has 0 saturated heterocycles. The molecule has 1 aromatic carbocycles. The van der Waals surface area contributed by atoms with E-state index in [1.807, 2.05) is 0 Å². The fourth-order valence-corrected chi connectivity index (χ4v) is 2.94. The largest absolute Gasteiger partial charge is 0.497 e. The molecule has 28 heavy (non-hydrogen) atoms. The number of amides is 1. The van der Waals surface area contributed by atoms with Crippen LogP contribution in [0.5, 0.6) is 5.75 Å². The van der Waals surface area contributed by atoms with Crippen LogP contribution in [0.25, 0.3) is 0 Å². The Hall–Kier alpha value is -3.47. The summed E-state index contributed by atoms with van der Waals surface area (Å²) < 4.78 is 11.1. The van der Waals surface area contributed by atoms with Crippen LogP contribution in [0.4, 0.5) is 16.3 Å². The van der Waals surface area contributed by atoms with Gasteiger partial charge >= 0.3 is 6.09 Å². The van der Waals surface area contributed by atoms with Crippen LogP contribution in [0.15, 0.2) is 18.2 Å². The molecule has 0 radical (unpaired) electrons. The highest BCUT2D eigenvalue weighted by atomic mass is 16.6. The number of carbonyl (C=O) groups is 2. The highest BCUT2D eigenvalue weighted by Crippen LogP contribution is 2.27. The maximum Gasteiger partial charge on any atom is 0.434 e. The molecule has 148 valence electrons. The average Bonchev–Trinajstić information content (AvgIpc) is 3.06. The third kappa shape index (κ3) is 3.64. The minimum Gasteiger partial charge on any atom is -0.497 e. The van der Waals surface area contributed by atoms with Crippen molar-refractivity contribution < 1.29 is 24.0 Å². The fourth-order valence-electron chi connectivity index (χ4n) is 2.94. The van der Waals surface area contributed by atoms with E-state index in [1.54, 1.807) is 6.92 Å². The second-order valence-corrected chi connectivity index (χ2v) is 5.91. The summed E-state index contributed by atoms with van der Waals surface area (Å²) in [4.78, 5) is 35.5. The fraction of sp³-hybridized carbons (Fsp3) is 0.353. The van der Waals surface area contributed by atoms with E-state index in [1.165, 1.54) is 25.3 Å². The van der Waals surface area contributed by atoms with Gasteiger partial charge in [-0.1, -0.05) is 0 Å². The van der Waals surface area contributed by atoms with E-state index in [9.17, 15) is 19.7 Å². The van der Waals surface area contributed by atoms with Crippen molar-refractivity contribution in [3.63, 3.8) is 0 Å². The summed E-state index contributed by atoms with van der Waals surface area (Å²) in [5.41, 5.74) is 0.739. The summed E-state index contributed by atoms with van der Waals surface area (Å²) in [6, 6.07) is 3.93. The Kier molecular flexibility index (Phi) is 5.54. The van der Waals surface area contributed by atoms with Crippen LogP contribution in [-0.2, 0) is 17.7 Å². The molecule has 0 fully saturated rings. The first-order valence-electron chi connectivity index (χ1n) is 8.58. The second-order valence-electron chi connectivity index (χ2n) is 5.91. The molecule has 2 N–H and O–H groups in total. The first-order chi connectivity index (χ1) is 13.5. The maximum atomic E-state index is 12.7. The number of ether oxygens (including phenoxy) is 2. The molecule has 0 bridgehead atoms. The molecule has 3 rings (SSSR count). The van der Waals surface area contributed by atoms with Crippen molar-refractivity contribution in [3.05, 3.63) is 45.1 Å². The smallest absolute Gasteiger partial charge is 0.434 e. The lowest BCUT2D eigenvalue weighted by Crippen LogP contribution is -2.27. The zero-order valence-corrected chi connectivity index (χ0v) is 15.4. The van der Waals surface area contributed by atoms with Crippen LogP contribution in [-0.4, -0.2) is 47.0 Å². The summed E-state index contributed by atoms with van der Waals surface area (Å²) in [5.74, 6) is -0.293. The predicted molar refractivity (Wildman–Crippen MR) is 97.7 cm³/mol. The van der Waals surface area contributed by atoms with E-state index in [0.717, 1.165) is 4.68 Å².